The predicted molar refractivity (Wildman–Crippen MR) is 129 cm³/mol. The summed E-state index contributed by atoms with van der Waals surface area (Å²) in [7, 11) is 0. The molecule has 2 aliphatic heterocycles. The Kier molecular flexibility index (Phi) is 5.41. The molecular weight excluding hydrogens is 533 g/mol. The lowest BCUT2D eigenvalue weighted by atomic mass is 10.1. The van der Waals surface area contributed by atoms with Crippen molar-refractivity contribution < 1.29 is 18.0 Å². The second kappa shape index (κ2) is 8.18. The van der Waals surface area contributed by atoms with E-state index in [0.29, 0.717) is 16.3 Å². The lowest BCUT2D eigenvalue weighted by molar-refractivity contribution is -0.137. The van der Waals surface area contributed by atoms with Crippen LogP contribution in [0.3, 0.4) is 0 Å². The van der Waals surface area contributed by atoms with Gasteiger partial charge in [-0.1, -0.05) is 54.1 Å². The van der Waals surface area contributed by atoms with Gasteiger partial charge in [-0.2, -0.15) is 18.2 Å². The van der Waals surface area contributed by atoms with Gasteiger partial charge in [0.1, 0.15) is 0 Å². The second-order valence-electron chi connectivity index (χ2n) is 7.48. The van der Waals surface area contributed by atoms with E-state index in [2.05, 4.69) is 30.9 Å². The van der Waals surface area contributed by atoms with Gasteiger partial charge in [0, 0.05) is 21.8 Å². The third-order valence-corrected chi connectivity index (χ3v) is 6.54. The molecule has 5 rings (SSSR count). The summed E-state index contributed by atoms with van der Waals surface area (Å²) in [6.45, 7) is 0. The number of aliphatic imine (C=N–C) groups is 3. The number of para-hydroxylation sites is 1. The van der Waals surface area contributed by atoms with Crippen LogP contribution in [0.15, 0.2) is 93.8 Å². The molecule has 2 aliphatic rings. The molecule has 10 heteroatoms. The van der Waals surface area contributed by atoms with Crippen molar-refractivity contribution in [1.82, 2.24) is 0 Å². The largest absolute Gasteiger partial charge is 0.416 e. The minimum absolute atomic E-state index is 0.00135. The van der Waals surface area contributed by atoms with Crippen LogP contribution in [-0.4, -0.2) is 23.3 Å². The number of amidine groups is 2. The van der Waals surface area contributed by atoms with Crippen LogP contribution in [0.2, 0.25) is 5.02 Å². The number of carbonyl (C=O) groups is 1. The number of carbonyl (C=O) groups excluding carboxylic acids is 1. The molecular formula is C24H13BrClF3N4O. The van der Waals surface area contributed by atoms with Gasteiger partial charge < -0.3 is 0 Å². The molecule has 0 N–H and O–H groups in total. The summed E-state index contributed by atoms with van der Waals surface area (Å²) >= 11 is 9.75. The predicted octanol–water partition coefficient (Wildman–Crippen LogP) is 6.21. The molecule has 34 heavy (non-hydrogen) atoms. The zero-order valence-electron chi connectivity index (χ0n) is 17.1. The number of nitrogens with zero attached hydrogens (tertiary/aromatic N) is 4. The number of halogens is 5. The van der Waals surface area contributed by atoms with E-state index in [-0.39, 0.29) is 22.9 Å². The number of amides is 1. The molecule has 170 valence electrons. The highest BCUT2D eigenvalue weighted by atomic mass is 79.9. The Hall–Kier alpha value is -3.30. The Morgan fingerprint density at radius 1 is 0.882 bits per heavy atom. The Labute approximate surface area is 205 Å². The van der Waals surface area contributed by atoms with Crippen molar-refractivity contribution in [3.05, 3.63) is 101 Å². The Morgan fingerprint density at radius 2 is 1.53 bits per heavy atom. The van der Waals surface area contributed by atoms with Crippen LogP contribution >= 0.6 is 27.5 Å². The average Bonchev–Trinajstić information content (AvgIpc) is 3.13. The molecule has 0 aliphatic carbocycles. The summed E-state index contributed by atoms with van der Waals surface area (Å²) in [5, 5.41) is 0.538. The van der Waals surface area contributed by atoms with E-state index in [4.69, 9.17) is 11.6 Å². The van der Waals surface area contributed by atoms with Gasteiger partial charge in [0.2, 0.25) is 4.57 Å². The Bertz CT molecular complexity index is 1370. The summed E-state index contributed by atoms with van der Waals surface area (Å²) < 4.78 is 37.7. The van der Waals surface area contributed by atoms with Gasteiger partial charge in [-0.15, -0.1) is 0 Å². The molecule has 0 saturated heterocycles. The summed E-state index contributed by atoms with van der Waals surface area (Å²) in [5.41, 5.74) is 0.885. The normalized spacial score (nSPS) is 20.0. The maximum atomic E-state index is 13.0. The third kappa shape index (κ3) is 3.84. The first-order chi connectivity index (χ1) is 16.2. The van der Waals surface area contributed by atoms with Crippen molar-refractivity contribution in [2.24, 2.45) is 15.0 Å². The van der Waals surface area contributed by atoms with Gasteiger partial charge in [-0.25, -0.2) is 9.98 Å². The molecule has 1 amide bonds. The van der Waals surface area contributed by atoms with E-state index in [0.717, 1.165) is 12.1 Å². The van der Waals surface area contributed by atoms with Crippen LogP contribution in [0, 0.1) is 0 Å². The maximum Gasteiger partial charge on any atom is 0.416 e. The highest BCUT2D eigenvalue weighted by Crippen LogP contribution is 2.45. The zero-order valence-corrected chi connectivity index (χ0v) is 19.4. The number of fused-ring (bicyclic) bond motifs is 1. The Morgan fingerprint density at radius 3 is 2.15 bits per heavy atom. The average molecular weight is 546 g/mol. The SMILES string of the molecule is O=C1N=C(c2ccc(C(F)(F)F)cc2)N=C2C1=NC(Br)(c1ccc(Cl)cc1)N2c1ccccc1. The molecule has 3 aromatic carbocycles. The molecule has 0 bridgehead atoms. The number of benzene rings is 3. The van der Waals surface area contributed by atoms with Crippen molar-refractivity contribution in [2.75, 3.05) is 4.90 Å². The van der Waals surface area contributed by atoms with Crippen molar-refractivity contribution in [3.8, 4) is 0 Å². The minimum atomic E-state index is -4.47. The number of hydrogen-bond donors (Lipinski definition) is 0. The van der Waals surface area contributed by atoms with E-state index in [1.165, 1.54) is 12.1 Å². The fourth-order valence-electron chi connectivity index (χ4n) is 3.68. The minimum Gasteiger partial charge on any atom is -0.286 e. The van der Waals surface area contributed by atoms with E-state index in [1.807, 2.05) is 30.3 Å². The fraction of sp³-hybridized carbons (Fsp3) is 0.0833. The van der Waals surface area contributed by atoms with Gasteiger partial charge in [0.25, 0.3) is 0 Å². The smallest absolute Gasteiger partial charge is 0.286 e. The molecule has 0 spiro atoms. The number of alkyl halides is 4. The van der Waals surface area contributed by atoms with Crippen LogP contribution in [0.4, 0.5) is 18.9 Å². The highest BCUT2D eigenvalue weighted by Gasteiger charge is 2.49. The summed E-state index contributed by atoms with van der Waals surface area (Å²) in [6, 6.07) is 20.5. The van der Waals surface area contributed by atoms with E-state index >= 15 is 0 Å². The molecule has 0 aromatic heterocycles. The third-order valence-electron chi connectivity index (χ3n) is 5.30. The highest BCUT2D eigenvalue weighted by molar-refractivity contribution is 9.09. The van der Waals surface area contributed by atoms with Gasteiger partial charge in [0.15, 0.2) is 17.4 Å². The molecule has 5 nitrogen and oxygen atoms in total. The van der Waals surface area contributed by atoms with E-state index in [1.54, 1.807) is 29.2 Å². The monoisotopic (exact) mass is 544 g/mol. The van der Waals surface area contributed by atoms with Crippen LogP contribution in [0.25, 0.3) is 0 Å². The van der Waals surface area contributed by atoms with Crippen LogP contribution in [0.1, 0.15) is 16.7 Å². The first-order valence-electron chi connectivity index (χ1n) is 9.96. The first-order valence-corrected chi connectivity index (χ1v) is 11.1. The zero-order chi connectivity index (χ0) is 24.1. The van der Waals surface area contributed by atoms with E-state index in [9.17, 15) is 18.0 Å². The molecule has 2 heterocycles. The quantitative estimate of drug-likeness (QED) is 0.290. The maximum absolute atomic E-state index is 13.0. The summed E-state index contributed by atoms with van der Waals surface area (Å²) in [5.74, 6) is -0.412. The number of hydrogen-bond acceptors (Lipinski definition) is 4. The molecule has 0 saturated carbocycles. The topological polar surface area (TPSA) is 57.4 Å². The van der Waals surface area contributed by atoms with Crippen molar-refractivity contribution in [2.45, 2.75) is 10.7 Å². The molecule has 0 fully saturated rings. The van der Waals surface area contributed by atoms with E-state index < -0.39 is 22.2 Å². The van der Waals surface area contributed by atoms with Crippen LogP contribution < -0.4 is 4.90 Å². The lowest BCUT2D eigenvalue weighted by Gasteiger charge is -2.33. The number of rotatable bonds is 3. The lowest BCUT2D eigenvalue weighted by Crippen LogP contribution is -2.43. The van der Waals surface area contributed by atoms with Gasteiger partial charge >= 0.3 is 12.1 Å². The Balaban J connectivity index is 1.63. The van der Waals surface area contributed by atoms with Gasteiger partial charge in [-0.05, 0) is 52.3 Å². The summed E-state index contributed by atoms with van der Waals surface area (Å²) in [4.78, 5) is 27.9. The second-order valence-corrected chi connectivity index (χ2v) is 9.02. The number of anilines is 1. The first kappa shape index (κ1) is 22.5. The molecule has 1 unspecified atom stereocenters. The van der Waals surface area contributed by atoms with Crippen LogP contribution in [-0.2, 0) is 15.5 Å². The molecule has 0 radical (unpaired) electrons. The molecule has 3 aromatic rings. The molecule has 1 atom stereocenters. The van der Waals surface area contributed by atoms with Crippen molar-refractivity contribution >= 4 is 56.5 Å². The van der Waals surface area contributed by atoms with Gasteiger partial charge in [-0.3, -0.25) is 9.69 Å². The van der Waals surface area contributed by atoms with Crippen molar-refractivity contribution in [1.29, 1.82) is 0 Å². The standard InChI is InChI=1S/C24H13BrClF3N4O/c25-23(15-10-12-17(26)13-11-15)32-19-21(33(23)18-4-2-1-3-5-18)30-20(31-22(19)34)14-6-8-16(9-7-14)24(27,28)29/h1-13H. The summed E-state index contributed by atoms with van der Waals surface area (Å²) in [6.07, 6.45) is -4.47. The van der Waals surface area contributed by atoms with Crippen LogP contribution in [0.5, 0.6) is 0 Å². The fourth-order valence-corrected chi connectivity index (χ4v) is 4.62. The van der Waals surface area contributed by atoms with Gasteiger partial charge in [0.05, 0.1) is 5.56 Å². The van der Waals surface area contributed by atoms with Crippen molar-refractivity contribution in [3.63, 3.8) is 0 Å².